The molecule has 0 amide bonds. The molecular weight excluding hydrogens is 410 g/mol. The molecule has 0 unspecified atom stereocenters. The van der Waals surface area contributed by atoms with Crippen LogP contribution in [0, 0.1) is 0 Å². The molecule has 0 aliphatic carbocycles. The van der Waals surface area contributed by atoms with Gasteiger partial charge in [0.05, 0.1) is 24.7 Å². The fourth-order valence-corrected chi connectivity index (χ4v) is 4.05. The summed E-state index contributed by atoms with van der Waals surface area (Å²) in [5.41, 5.74) is 6.60. The zero-order chi connectivity index (χ0) is 21.2. The first-order chi connectivity index (χ1) is 15.2. The predicted octanol–water partition coefficient (Wildman–Crippen LogP) is 4.75. The fourth-order valence-electron chi connectivity index (χ4n) is 3.93. The third-order valence-electron chi connectivity index (χ3n) is 5.61. The maximum absolute atomic E-state index is 5.99. The molecule has 0 fully saturated rings. The van der Waals surface area contributed by atoms with E-state index in [9.17, 15) is 0 Å². The normalized spacial score (nSPS) is 13.7. The highest BCUT2D eigenvalue weighted by Crippen LogP contribution is 2.27. The number of nitrogens with one attached hydrogen (secondary N) is 1. The fraction of sp³-hybridized carbons (Fsp3) is 0.208. The molecule has 0 spiro atoms. The smallest absolute Gasteiger partial charge is 0.159 e. The second kappa shape index (κ2) is 8.49. The van der Waals surface area contributed by atoms with Gasteiger partial charge >= 0.3 is 0 Å². The number of fused-ring (bicyclic) bond motifs is 1. The van der Waals surface area contributed by atoms with Crippen molar-refractivity contribution in [3.8, 4) is 28.4 Å². The Morgan fingerprint density at radius 2 is 1.81 bits per heavy atom. The Balaban J connectivity index is 1.32. The number of aromatic nitrogens is 4. The van der Waals surface area contributed by atoms with Crippen LogP contribution in [0.1, 0.15) is 16.8 Å². The van der Waals surface area contributed by atoms with Crippen molar-refractivity contribution in [1.29, 1.82) is 0 Å². The van der Waals surface area contributed by atoms with Crippen molar-refractivity contribution in [3.05, 3.63) is 82.8 Å². The van der Waals surface area contributed by atoms with E-state index in [1.54, 1.807) is 7.11 Å². The Morgan fingerprint density at radius 1 is 1.03 bits per heavy atom. The molecule has 4 aromatic rings. The van der Waals surface area contributed by atoms with Gasteiger partial charge in [-0.1, -0.05) is 11.6 Å². The van der Waals surface area contributed by atoms with Crippen LogP contribution in [-0.2, 0) is 19.5 Å². The topological polar surface area (TPSA) is 66.9 Å². The quantitative estimate of drug-likeness (QED) is 0.493. The molecule has 0 radical (unpaired) electrons. The van der Waals surface area contributed by atoms with Crippen molar-refractivity contribution >= 4 is 11.6 Å². The van der Waals surface area contributed by atoms with E-state index in [0.717, 1.165) is 60.1 Å². The number of hydrogen-bond donors (Lipinski definition) is 1. The third-order valence-corrected chi connectivity index (χ3v) is 5.86. The number of benzene rings is 2. The molecule has 6 nitrogen and oxygen atoms in total. The van der Waals surface area contributed by atoms with Crippen LogP contribution in [0.15, 0.2) is 60.9 Å². The molecule has 0 bridgehead atoms. The molecular formula is C24H22ClN5O. The third kappa shape index (κ3) is 4.17. The highest BCUT2D eigenvalue weighted by molar-refractivity contribution is 6.30. The lowest BCUT2D eigenvalue weighted by atomic mass is 10.0. The molecule has 31 heavy (non-hydrogen) atoms. The summed E-state index contributed by atoms with van der Waals surface area (Å²) in [5.74, 6) is 1.59. The van der Waals surface area contributed by atoms with Gasteiger partial charge in [-0.3, -0.25) is 10.00 Å². The zero-order valence-electron chi connectivity index (χ0n) is 17.2. The van der Waals surface area contributed by atoms with Crippen LogP contribution in [0.3, 0.4) is 0 Å². The van der Waals surface area contributed by atoms with Gasteiger partial charge in [0.15, 0.2) is 5.82 Å². The number of methoxy groups -OCH3 is 1. The average Bonchev–Trinajstić information content (AvgIpc) is 3.27. The maximum Gasteiger partial charge on any atom is 0.159 e. The van der Waals surface area contributed by atoms with Gasteiger partial charge in [0.2, 0.25) is 0 Å². The molecule has 5 rings (SSSR count). The zero-order valence-corrected chi connectivity index (χ0v) is 17.9. The summed E-state index contributed by atoms with van der Waals surface area (Å²) >= 11 is 5.99. The highest BCUT2D eigenvalue weighted by atomic mass is 35.5. The largest absolute Gasteiger partial charge is 0.497 e. The summed E-state index contributed by atoms with van der Waals surface area (Å²) < 4.78 is 5.26. The second-order valence-corrected chi connectivity index (χ2v) is 8.07. The van der Waals surface area contributed by atoms with E-state index in [-0.39, 0.29) is 0 Å². The number of nitrogens with zero attached hydrogens (tertiary/aromatic N) is 4. The summed E-state index contributed by atoms with van der Waals surface area (Å²) in [6, 6.07) is 15.7. The van der Waals surface area contributed by atoms with Gasteiger partial charge in [-0.15, -0.1) is 0 Å². The number of aromatic amines is 1. The van der Waals surface area contributed by atoms with Crippen molar-refractivity contribution in [2.24, 2.45) is 0 Å². The number of rotatable bonds is 5. The van der Waals surface area contributed by atoms with Crippen molar-refractivity contribution < 1.29 is 4.74 Å². The minimum Gasteiger partial charge on any atom is -0.497 e. The standard InChI is InChI=1S/C24H22ClN5O/c1-31-21-8-4-16(5-9-21)23-19(13-27-29-23)15-30-11-10-22-18(14-30)12-26-24(28-22)17-2-6-20(25)7-3-17/h2-9,12-13H,10-11,14-15H2,1H3,(H,27,29). The summed E-state index contributed by atoms with van der Waals surface area (Å²) in [5, 5.41) is 8.15. The molecule has 2 aromatic heterocycles. The first kappa shape index (κ1) is 19.7. The molecule has 1 aliphatic heterocycles. The van der Waals surface area contributed by atoms with Gasteiger partial charge in [0, 0.05) is 59.5 Å². The first-order valence-electron chi connectivity index (χ1n) is 10.2. The van der Waals surface area contributed by atoms with Crippen molar-refractivity contribution in [1.82, 2.24) is 25.1 Å². The molecule has 1 N–H and O–H groups in total. The number of hydrogen-bond acceptors (Lipinski definition) is 5. The van der Waals surface area contributed by atoms with Crippen molar-refractivity contribution in [3.63, 3.8) is 0 Å². The van der Waals surface area contributed by atoms with Gasteiger partial charge in [-0.25, -0.2) is 9.97 Å². The molecule has 3 heterocycles. The minimum atomic E-state index is 0.714. The molecule has 0 saturated carbocycles. The van der Waals surface area contributed by atoms with E-state index in [0.29, 0.717) is 5.02 Å². The van der Waals surface area contributed by atoms with Gasteiger partial charge in [-0.2, -0.15) is 5.10 Å². The Kier molecular flexibility index (Phi) is 5.40. The van der Waals surface area contributed by atoms with Crippen LogP contribution in [0.5, 0.6) is 5.75 Å². The number of ether oxygens (including phenoxy) is 1. The van der Waals surface area contributed by atoms with E-state index in [1.807, 2.05) is 60.9 Å². The van der Waals surface area contributed by atoms with E-state index >= 15 is 0 Å². The van der Waals surface area contributed by atoms with Gasteiger partial charge in [0.1, 0.15) is 5.75 Å². The highest BCUT2D eigenvalue weighted by Gasteiger charge is 2.20. The average molecular weight is 432 g/mol. The van der Waals surface area contributed by atoms with Crippen LogP contribution in [-0.4, -0.2) is 38.7 Å². The van der Waals surface area contributed by atoms with E-state index in [4.69, 9.17) is 21.3 Å². The SMILES string of the molecule is COc1ccc(-c2[nH]ncc2CN2CCc3nc(-c4ccc(Cl)cc4)ncc3C2)cc1. The second-order valence-electron chi connectivity index (χ2n) is 7.63. The van der Waals surface area contributed by atoms with Crippen molar-refractivity contribution in [2.45, 2.75) is 19.5 Å². The molecule has 7 heteroatoms. The Bertz CT molecular complexity index is 1190. The van der Waals surface area contributed by atoms with Crippen LogP contribution >= 0.6 is 11.6 Å². The summed E-state index contributed by atoms with van der Waals surface area (Å²) in [6.07, 6.45) is 4.77. The van der Waals surface area contributed by atoms with Gasteiger partial charge in [0.25, 0.3) is 0 Å². The summed E-state index contributed by atoms with van der Waals surface area (Å²) in [6.45, 7) is 2.58. The molecule has 0 saturated heterocycles. The monoisotopic (exact) mass is 431 g/mol. The van der Waals surface area contributed by atoms with Crippen LogP contribution in [0.25, 0.3) is 22.6 Å². The van der Waals surface area contributed by atoms with Gasteiger partial charge < -0.3 is 4.74 Å². The summed E-state index contributed by atoms with van der Waals surface area (Å²) in [4.78, 5) is 11.8. The lowest BCUT2D eigenvalue weighted by molar-refractivity contribution is 0.243. The Hall–Kier alpha value is -3.22. The lowest BCUT2D eigenvalue weighted by Gasteiger charge is -2.28. The maximum atomic E-state index is 5.99. The molecule has 156 valence electrons. The van der Waals surface area contributed by atoms with Gasteiger partial charge in [-0.05, 0) is 48.5 Å². The molecule has 0 atom stereocenters. The number of H-pyrrole nitrogens is 1. The molecule has 2 aromatic carbocycles. The van der Waals surface area contributed by atoms with E-state index in [2.05, 4.69) is 20.1 Å². The Morgan fingerprint density at radius 3 is 2.58 bits per heavy atom. The Labute approximate surface area is 185 Å². The summed E-state index contributed by atoms with van der Waals surface area (Å²) in [7, 11) is 1.67. The van der Waals surface area contributed by atoms with Crippen LogP contribution < -0.4 is 4.74 Å². The van der Waals surface area contributed by atoms with E-state index in [1.165, 1.54) is 11.1 Å². The van der Waals surface area contributed by atoms with Crippen LogP contribution in [0.4, 0.5) is 0 Å². The predicted molar refractivity (Wildman–Crippen MR) is 121 cm³/mol. The first-order valence-corrected chi connectivity index (χ1v) is 10.6. The van der Waals surface area contributed by atoms with E-state index < -0.39 is 0 Å². The lowest BCUT2D eigenvalue weighted by Crippen LogP contribution is -2.31. The minimum absolute atomic E-state index is 0.714. The number of halogens is 1. The molecule has 1 aliphatic rings. The van der Waals surface area contributed by atoms with Crippen molar-refractivity contribution in [2.75, 3.05) is 13.7 Å². The van der Waals surface area contributed by atoms with Crippen LogP contribution in [0.2, 0.25) is 5.02 Å².